The highest BCUT2D eigenvalue weighted by Gasteiger charge is 2.18. The first kappa shape index (κ1) is 16.2. The number of hydrogen-bond donors (Lipinski definition) is 1. The van der Waals surface area contributed by atoms with Gasteiger partial charge < -0.3 is 4.57 Å². The maximum Gasteiger partial charge on any atom is 0.257 e. The van der Waals surface area contributed by atoms with Gasteiger partial charge in [-0.05, 0) is 12.1 Å². The molecule has 6 heteroatoms. The van der Waals surface area contributed by atoms with Gasteiger partial charge in [-0.25, -0.2) is 9.97 Å². The van der Waals surface area contributed by atoms with Crippen LogP contribution in [0.3, 0.4) is 0 Å². The van der Waals surface area contributed by atoms with Crippen LogP contribution in [-0.4, -0.2) is 20.4 Å². The molecule has 0 aliphatic carbocycles. The van der Waals surface area contributed by atoms with Crippen molar-refractivity contribution in [1.82, 2.24) is 14.5 Å². The lowest BCUT2D eigenvalue weighted by atomic mass is 10.1. The number of rotatable bonds is 4. The number of nitrogens with one attached hydrogen (secondary N) is 1. The van der Waals surface area contributed by atoms with E-state index >= 15 is 0 Å². The van der Waals surface area contributed by atoms with Gasteiger partial charge in [0.05, 0.1) is 16.9 Å². The maximum absolute atomic E-state index is 12.4. The lowest BCUT2D eigenvalue weighted by Gasteiger charge is -2.00. The second kappa shape index (κ2) is 6.93. The molecule has 5 nitrogen and oxygen atoms in total. The highest BCUT2D eigenvalue weighted by Crippen LogP contribution is 2.38. The largest absolute Gasteiger partial charge is 0.340 e. The van der Waals surface area contributed by atoms with Crippen LogP contribution in [0.2, 0.25) is 0 Å². The lowest BCUT2D eigenvalue weighted by molar-refractivity contribution is 0.102. The van der Waals surface area contributed by atoms with E-state index < -0.39 is 0 Å². The summed E-state index contributed by atoms with van der Waals surface area (Å²) in [4.78, 5) is 22.5. The Morgan fingerprint density at radius 2 is 1.73 bits per heavy atom. The van der Waals surface area contributed by atoms with E-state index in [2.05, 4.69) is 15.3 Å². The van der Waals surface area contributed by atoms with E-state index in [1.165, 1.54) is 11.3 Å². The average molecular weight is 360 g/mol. The Labute approximate surface area is 155 Å². The summed E-state index contributed by atoms with van der Waals surface area (Å²) in [6.45, 7) is 0. The second-order valence-corrected chi connectivity index (χ2v) is 6.81. The molecule has 0 bridgehead atoms. The summed E-state index contributed by atoms with van der Waals surface area (Å²) in [5.74, 6) is -0.175. The predicted octanol–water partition coefficient (Wildman–Crippen LogP) is 4.46. The Morgan fingerprint density at radius 3 is 2.38 bits per heavy atom. The van der Waals surface area contributed by atoms with Crippen molar-refractivity contribution in [2.45, 2.75) is 0 Å². The summed E-state index contributed by atoms with van der Waals surface area (Å²) < 4.78 is 1.89. The predicted molar refractivity (Wildman–Crippen MR) is 104 cm³/mol. The zero-order valence-corrected chi connectivity index (χ0v) is 14.9. The molecule has 0 spiro atoms. The van der Waals surface area contributed by atoms with Crippen molar-refractivity contribution in [3.05, 3.63) is 78.8 Å². The van der Waals surface area contributed by atoms with E-state index in [1.54, 1.807) is 18.5 Å². The van der Waals surface area contributed by atoms with Gasteiger partial charge in [0.2, 0.25) is 0 Å². The van der Waals surface area contributed by atoms with Crippen molar-refractivity contribution in [3.63, 3.8) is 0 Å². The minimum absolute atomic E-state index is 0.175. The van der Waals surface area contributed by atoms with Gasteiger partial charge in [-0.3, -0.25) is 10.1 Å². The van der Waals surface area contributed by atoms with Gasteiger partial charge in [-0.2, -0.15) is 0 Å². The van der Waals surface area contributed by atoms with Gasteiger partial charge in [0.15, 0.2) is 5.13 Å². The first-order valence-electron chi connectivity index (χ1n) is 8.12. The van der Waals surface area contributed by atoms with Crippen LogP contribution in [0.5, 0.6) is 0 Å². The van der Waals surface area contributed by atoms with Gasteiger partial charge in [0.25, 0.3) is 5.91 Å². The third kappa shape index (κ3) is 3.27. The number of hydrogen-bond acceptors (Lipinski definition) is 4. The monoisotopic (exact) mass is 360 g/mol. The van der Waals surface area contributed by atoms with E-state index in [1.807, 2.05) is 66.3 Å². The number of thiazole rings is 1. The third-order valence-corrected chi connectivity index (χ3v) is 4.86. The molecule has 0 fully saturated rings. The molecular formula is C20H16N4OS. The van der Waals surface area contributed by atoms with Crippen LogP contribution in [0, 0.1) is 0 Å². The molecule has 0 saturated heterocycles. The number of anilines is 1. The molecule has 0 radical (unpaired) electrons. The van der Waals surface area contributed by atoms with Crippen molar-refractivity contribution in [1.29, 1.82) is 0 Å². The topological polar surface area (TPSA) is 59.8 Å². The van der Waals surface area contributed by atoms with Gasteiger partial charge in [-0.15, -0.1) is 0 Å². The molecule has 4 rings (SSSR count). The molecule has 26 heavy (non-hydrogen) atoms. The van der Waals surface area contributed by atoms with Crippen LogP contribution in [0.1, 0.15) is 10.4 Å². The summed E-state index contributed by atoms with van der Waals surface area (Å²) >= 11 is 1.42. The molecular weight excluding hydrogens is 344 g/mol. The number of carbonyl (C=O) groups is 1. The number of benzene rings is 2. The normalized spacial score (nSPS) is 10.7. The molecule has 0 aliphatic rings. The molecule has 2 aromatic carbocycles. The molecule has 128 valence electrons. The number of aromatic nitrogens is 3. The van der Waals surface area contributed by atoms with Gasteiger partial charge in [-0.1, -0.05) is 59.9 Å². The van der Waals surface area contributed by atoms with Crippen LogP contribution < -0.4 is 5.32 Å². The summed E-state index contributed by atoms with van der Waals surface area (Å²) in [5, 5.41) is 3.45. The number of carbonyl (C=O) groups excluding carboxylic acids is 1. The molecule has 2 heterocycles. The molecule has 0 unspecified atom stereocenters. The quantitative estimate of drug-likeness (QED) is 0.584. The second-order valence-electron chi connectivity index (χ2n) is 5.81. The van der Waals surface area contributed by atoms with E-state index in [9.17, 15) is 4.79 Å². The highest BCUT2D eigenvalue weighted by molar-refractivity contribution is 7.19. The Balaban J connectivity index is 1.73. The van der Waals surface area contributed by atoms with Crippen molar-refractivity contribution in [3.8, 4) is 21.8 Å². The van der Waals surface area contributed by atoms with E-state index in [0.29, 0.717) is 10.7 Å². The Bertz CT molecular complexity index is 1040. The van der Waals surface area contributed by atoms with Crippen molar-refractivity contribution in [2.75, 3.05) is 5.32 Å². The first-order valence-corrected chi connectivity index (χ1v) is 8.93. The Kier molecular flexibility index (Phi) is 4.33. The van der Waals surface area contributed by atoms with Gasteiger partial charge in [0, 0.05) is 24.4 Å². The molecule has 2 aromatic heterocycles. The SMILES string of the molecule is Cn1cnc(-c2sc(NC(=O)c3ccccc3)nc2-c2ccccc2)c1. The number of aryl methyl sites for hydroxylation is 1. The fourth-order valence-electron chi connectivity index (χ4n) is 2.63. The molecule has 1 amide bonds. The third-order valence-electron chi connectivity index (χ3n) is 3.87. The van der Waals surface area contributed by atoms with Crippen LogP contribution in [0.25, 0.3) is 21.8 Å². The molecule has 4 aromatic rings. The maximum atomic E-state index is 12.4. The molecule has 0 saturated carbocycles. The fourth-order valence-corrected chi connectivity index (χ4v) is 3.57. The summed E-state index contributed by atoms with van der Waals surface area (Å²) in [6, 6.07) is 19.0. The van der Waals surface area contributed by atoms with E-state index in [-0.39, 0.29) is 5.91 Å². The zero-order valence-electron chi connectivity index (χ0n) is 14.1. The highest BCUT2D eigenvalue weighted by atomic mass is 32.1. The van der Waals surface area contributed by atoms with Crippen molar-refractivity contribution >= 4 is 22.4 Å². The Hall–Kier alpha value is -3.25. The van der Waals surface area contributed by atoms with Gasteiger partial charge >= 0.3 is 0 Å². The summed E-state index contributed by atoms with van der Waals surface area (Å²) in [6.07, 6.45) is 3.70. The minimum Gasteiger partial charge on any atom is -0.340 e. The standard InChI is InChI=1S/C20H16N4OS/c1-24-12-16(21-13-24)18-17(14-8-4-2-5-9-14)22-20(26-18)23-19(25)15-10-6-3-7-11-15/h2-13H,1H3,(H,22,23,25). The van der Waals surface area contributed by atoms with Crippen LogP contribution in [-0.2, 0) is 7.05 Å². The van der Waals surface area contributed by atoms with E-state index in [0.717, 1.165) is 21.8 Å². The zero-order chi connectivity index (χ0) is 17.9. The van der Waals surface area contributed by atoms with Crippen LogP contribution in [0.4, 0.5) is 5.13 Å². The van der Waals surface area contributed by atoms with Gasteiger partial charge in [0.1, 0.15) is 5.69 Å². The minimum atomic E-state index is -0.175. The van der Waals surface area contributed by atoms with Crippen molar-refractivity contribution < 1.29 is 4.79 Å². The van der Waals surface area contributed by atoms with Crippen LogP contribution >= 0.6 is 11.3 Å². The molecule has 0 atom stereocenters. The molecule has 1 N–H and O–H groups in total. The first-order chi connectivity index (χ1) is 12.7. The summed E-state index contributed by atoms with van der Waals surface area (Å²) in [7, 11) is 1.93. The fraction of sp³-hybridized carbons (Fsp3) is 0.0500. The smallest absolute Gasteiger partial charge is 0.257 e. The number of imidazole rings is 1. The van der Waals surface area contributed by atoms with E-state index in [4.69, 9.17) is 0 Å². The number of nitrogens with zero attached hydrogens (tertiary/aromatic N) is 3. The lowest BCUT2D eigenvalue weighted by Crippen LogP contribution is -2.11. The average Bonchev–Trinajstić information content (AvgIpc) is 3.29. The molecule has 0 aliphatic heterocycles. The number of amides is 1. The van der Waals surface area contributed by atoms with Crippen LogP contribution in [0.15, 0.2) is 73.2 Å². The van der Waals surface area contributed by atoms with Crippen molar-refractivity contribution in [2.24, 2.45) is 7.05 Å². The Morgan fingerprint density at radius 1 is 1.04 bits per heavy atom. The summed E-state index contributed by atoms with van der Waals surface area (Å²) in [5.41, 5.74) is 3.25.